The molecule has 1 unspecified atom stereocenters. The minimum absolute atomic E-state index is 0.245. The number of rotatable bonds is 5. The summed E-state index contributed by atoms with van der Waals surface area (Å²) in [6.07, 6.45) is 3.79. The van der Waals surface area contributed by atoms with E-state index in [-0.39, 0.29) is 6.61 Å². The highest BCUT2D eigenvalue weighted by molar-refractivity contribution is 5.83. The van der Waals surface area contributed by atoms with Gasteiger partial charge in [0.25, 0.3) is 0 Å². The summed E-state index contributed by atoms with van der Waals surface area (Å²) in [4.78, 5) is 11.0. The lowest BCUT2D eigenvalue weighted by atomic mass is 9.99. The van der Waals surface area contributed by atoms with Gasteiger partial charge in [-0.3, -0.25) is 0 Å². The summed E-state index contributed by atoms with van der Waals surface area (Å²) < 4.78 is 0. The molecule has 0 spiro atoms. The maximum absolute atomic E-state index is 9.42. The number of nitrogens with one attached hydrogen (secondary N) is 1. The number of hydrogen-bond acceptors (Lipinski definition) is 5. The van der Waals surface area contributed by atoms with Crippen molar-refractivity contribution in [1.29, 1.82) is 0 Å². The summed E-state index contributed by atoms with van der Waals surface area (Å²) in [5, 5.41) is 15.3. The third-order valence-electron chi connectivity index (χ3n) is 5.04. The second kappa shape index (κ2) is 7.70. The lowest BCUT2D eigenvalue weighted by Gasteiger charge is -2.32. The zero-order valence-corrected chi connectivity index (χ0v) is 14.8. The van der Waals surface area contributed by atoms with Crippen LogP contribution < -0.4 is 10.2 Å². The van der Waals surface area contributed by atoms with Gasteiger partial charge in [-0.05, 0) is 41.2 Å². The van der Waals surface area contributed by atoms with Crippen LogP contribution in [-0.4, -0.2) is 34.8 Å². The number of aliphatic hydroxyl groups is 1. The second-order valence-electron chi connectivity index (χ2n) is 6.93. The Morgan fingerprint density at radius 3 is 2.85 bits per heavy atom. The van der Waals surface area contributed by atoms with Crippen molar-refractivity contribution in [1.82, 2.24) is 9.97 Å². The standard InChI is InChI=1S/C21H24N4O/c26-14-17-4-3-9-25(13-17)21-11-20(23-15-24-21)22-12-16-7-8-18-5-1-2-6-19(18)10-16/h1-2,5-8,10-11,15,17,26H,3-4,9,12-14H2,(H,22,23,24). The van der Waals surface area contributed by atoms with Crippen molar-refractivity contribution in [2.24, 2.45) is 5.92 Å². The molecule has 5 nitrogen and oxygen atoms in total. The average molecular weight is 348 g/mol. The van der Waals surface area contributed by atoms with Crippen LogP contribution in [0, 0.1) is 5.92 Å². The zero-order valence-electron chi connectivity index (χ0n) is 14.8. The lowest BCUT2D eigenvalue weighted by molar-refractivity contribution is 0.208. The topological polar surface area (TPSA) is 61.3 Å². The smallest absolute Gasteiger partial charge is 0.134 e. The molecule has 0 radical (unpaired) electrons. The van der Waals surface area contributed by atoms with Gasteiger partial charge < -0.3 is 15.3 Å². The Balaban J connectivity index is 1.44. The van der Waals surface area contributed by atoms with E-state index in [4.69, 9.17) is 0 Å². The van der Waals surface area contributed by atoms with Crippen molar-refractivity contribution in [2.45, 2.75) is 19.4 Å². The van der Waals surface area contributed by atoms with E-state index in [1.165, 1.54) is 16.3 Å². The van der Waals surface area contributed by atoms with E-state index >= 15 is 0 Å². The summed E-state index contributed by atoms with van der Waals surface area (Å²) in [7, 11) is 0. The molecule has 4 rings (SSSR count). The van der Waals surface area contributed by atoms with Gasteiger partial charge in [-0.1, -0.05) is 36.4 Å². The molecule has 1 aliphatic rings. The zero-order chi connectivity index (χ0) is 17.8. The molecular formula is C21H24N4O. The maximum Gasteiger partial charge on any atom is 0.134 e. The number of piperidine rings is 1. The highest BCUT2D eigenvalue weighted by atomic mass is 16.3. The first kappa shape index (κ1) is 16.8. The Bertz CT molecular complexity index is 883. The van der Waals surface area contributed by atoms with Gasteiger partial charge in [0.15, 0.2) is 0 Å². The minimum atomic E-state index is 0.245. The van der Waals surface area contributed by atoms with Crippen LogP contribution in [0.1, 0.15) is 18.4 Å². The Morgan fingerprint density at radius 2 is 1.96 bits per heavy atom. The predicted molar refractivity (Wildman–Crippen MR) is 105 cm³/mol. The molecule has 26 heavy (non-hydrogen) atoms. The summed E-state index contributed by atoms with van der Waals surface area (Å²) in [5.41, 5.74) is 1.22. The number of nitrogens with zero attached hydrogens (tertiary/aromatic N) is 3. The van der Waals surface area contributed by atoms with E-state index in [1.54, 1.807) is 6.33 Å². The Morgan fingerprint density at radius 1 is 1.08 bits per heavy atom. The van der Waals surface area contributed by atoms with Crippen LogP contribution in [0.4, 0.5) is 11.6 Å². The van der Waals surface area contributed by atoms with E-state index in [0.29, 0.717) is 5.92 Å². The van der Waals surface area contributed by atoms with Crippen LogP contribution >= 0.6 is 0 Å². The molecule has 1 aliphatic heterocycles. The molecule has 1 aromatic heterocycles. The monoisotopic (exact) mass is 348 g/mol. The van der Waals surface area contributed by atoms with Gasteiger partial charge >= 0.3 is 0 Å². The molecule has 3 aromatic rings. The maximum atomic E-state index is 9.42. The van der Waals surface area contributed by atoms with Crippen molar-refractivity contribution in [3.63, 3.8) is 0 Å². The lowest BCUT2D eigenvalue weighted by Crippen LogP contribution is -2.37. The summed E-state index contributed by atoms with van der Waals surface area (Å²) in [6, 6.07) is 16.9. The van der Waals surface area contributed by atoms with Crippen molar-refractivity contribution in [2.75, 3.05) is 29.9 Å². The normalized spacial score (nSPS) is 17.4. The van der Waals surface area contributed by atoms with Gasteiger partial charge in [0.2, 0.25) is 0 Å². The number of benzene rings is 2. The Kier molecular flexibility index (Phi) is 4.97. The fraction of sp³-hybridized carbons (Fsp3) is 0.333. The molecule has 1 fully saturated rings. The van der Waals surface area contributed by atoms with Crippen molar-refractivity contribution in [3.05, 3.63) is 60.4 Å². The number of anilines is 2. The van der Waals surface area contributed by atoms with Crippen LogP contribution in [0.25, 0.3) is 10.8 Å². The van der Waals surface area contributed by atoms with E-state index in [9.17, 15) is 5.11 Å². The van der Waals surface area contributed by atoms with Crippen molar-refractivity contribution < 1.29 is 5.11 Å². The predicted octanol–water partition coefficient (Wildman–Crippen LogP) is 3.45. The van der Waals surface area contributed by atoms with Crippen LogP contribution in [0.15, 0.2) is 54.9 Å². The molecule has 134 valence electrons. The van der Waals surface area contributed by atoms with Crippen LogP contribution in [0.5, 0.6) is 0 Å². The number of hydrogen-bond donors (Lipinski definition) is 2. The summed E-state index contributed by atoms with van der Waals surface area (Å²) >= 11 is 0. The molecule has 0 saturated carbocycles. The quantitative estimate of drug-likeness (QED) is 0.739. The third-order valence-corrected chi connectivity index (χ3v) is 5.04. The minimum Gasteiger partial charge on any atom is -0.396 e. The second-order valence-corrected chi connectivity index (χ2v) is 6.93. The summed E-state index contributed by atoms with van der Waals surface area (Å²) in [5.74, 6) is 2.10. The van der Waals surface area contributed by atoms with Gasteiger partial charge in [-0.15, -0.1) is 0 Å². The Labute approximate surface area is 153 Å². The molecule has 1 atom stereocenters. The molecular weight excluding hydrogens is 324 g/mol. The largest absolute Gasteiger partial charge is 0.396 e. The number of aromatic nitrogens is 2. The highest BCUT2D eigenvalue weighted by Gasteiger charge is 2.20. The fourth-order valence-electron chi connectivity index (χ4n) is 3.58. The number of aliphatic hydroxyl groups excluding tert-OH is 1. The van der Waals surface area contributed by atoms with E-state index < -0.39 is 0 Å². The van der Waals surface area contributed by atoms with Gasteiger partial charge in [0, 0.05) is 32.3 Å². The van der Waals surface area contributed by atoms with Gasteiger partial charge in [-0.25, -0.2) is 9.97 Å². The molecule has 1 saturated heterocycles. The van der Waals surface area contributed by atoms with E-state index in [0.717, 1.165) is 44.1 Å². The van der Waals surface area contributed by atoms with Crippen molar-refractivity contribution in [3.8, 4) is 0 Å². The molecule has 2 heterocycles. The highest BCUT2D eigenvalue weighted by Crippen LogP contribution is 2.23. The first-order valence-corrected chi connectivity index (χ1v) is 9.21. The van der Waals surface area contributed by atoms with Crippen LogP contribution in [0.3, 0.4) is 0 Å². The molecule has 5 heteroatoms. The molecule has 0 amide bonds. The molecule has 2 N–H and O–H groups in total. The molecule has 0 bridgehead atoms. The van der Waals surface area contributed by atoms with Gasteiger partial charge in [-0.2, -0.15) is 0 Å². The average Bonchev–Trinajstić information content (AvgIpc) is 2.72. The van der Waals surface area contributed by atoms with Gasteiger partial charge in [0.05, 0.1) is 0 Å². The van der Waals surface area contributed by atoms with Gasteiger partial charge in [0.1, 0.15) is 18.0 Å². The van der Waals surface area contributed by atoms with Crippen LogP contribution in [-0.2, 0) is 6.54 Å². The summed E-state index contributed by atoms with van der Waals surface area (Å²) in [6.45, 7) is 2.81. The molecule has 0 aliphatic carbocycles. The number of fused-ring (bicyclic) bond motifs is 1. The van der Waals surface area contributed by atoms with E-state index in [2.05, 4.69) is 62.6 Å². The van der Waals surface area contributed by atoms with Crippen molar-refractivity contribution >= 4 is 22.4 Å². The third kappa shape index (κ3) is 3.78. The van der Waals surface area contributed by atoms with Crippen LogP contribution in [0.2, 0.25) is 0 Å². The fourth-order valence-corrected chi connectivity index (χ4v) is 3.58. The molecule has 2 aromatic carbocycles. The SMILES string of the molecule is OCC1CCCN(c2cc(NCc3ccc4ccccc4c3)ncn2)C1. The Hall–Kier alpha value is -2.66. The van der Waals surface area contributed by atoms with E-state index in [1.807, 2.05) is 6.07 Å². The first-order valence-electron chi connectivity index (χ1n) is 9.21. The first-order chi connectivity index (χ1) is 12.8.